The molecule has 72 valence electrons. The van der Waals surface area contributed by atoms with Crippen LogP contribution in [0.3, 0.4) is 0 Å². The monoisotopic (exact) mass is 258 g/mol. The standard InChI is InChI=1S/C12H7BrN2/c13-12-14-8-11(9-15-12)7-6-10-4-2-1-3-5-10/h1-5,8-9H. The summed E-state index contributed by atoms with van der Waals surface area (Å²) in [6, 6.07) is 9.82. The van der Waals surface area contributed by atoms with E-state index in [1.807, 2.05) is 30.3 Å². The van der Waals surface area contributed by atoms with Crippen molar-refractivity contribution >= 4 is 15.9 Å². The molecular weight excluding hydrogens is 252 g/mol. The number of hydrogen-bond donors (Lipinski definition) is 0. The summed E-state index contributed by atoms with van der Waals surface area (Å²) in [5, 5.41) is 0. The average Bonchev–Trinajstić information content (AvgIpc) is 2.30. The van der Waals surface area contributed by atoms with Gasteiger partial charge in [0.15, 0.2) is 4.73 Å². The lowest BCUT2D eigenvalue weighted by Crippen LogP contribution is -1.83. The lowest BCUT2D eigenvalue weighted by atomic mass is 10.2. The Kier molecular flexibility index (Phi) is 3.11. The molecule has 0 aliphatic carbocycles. The zero-order valence-electron chi connectivity index (χ0n) is 7.81. The fourth-order valence-electron chi connectivity index (χ4n) is 1.04. The second kappa shape index (κ2) is 4.72. The highest BCUT2D eigenvalue weighted by atomic mass is 79.9. The summed E-state index contributed by atoms with van der Waals surface area (Å²) in [5.74, 6) is 6.03. The molecule has 3 heteroatoms. The Morgan fingerprint density at radius 3 is 2.13 bits per heavy atom. The highest BCUT2D eigenvalue weighted by Gasteiger charge is 1.89. The fourth-order valence-corrected chi connectivity index (χ4v) is 1.25. The summed E-state index contributed by atoms with van der Waals surface area (Å²) >= 11 is 3.17. The molecule has 1 aromatic carbocycles. The molecule has 1 aromatic heterocycles. The number of benzene rings is 1. The van der Waals surface area contributed by atoms with Gasteiger partial charge in [-0.25, -0.2) is 9.97 Å². The van der Waals surface area contributed by atoms with E-state index in [0.717, 1.165) is 11.1 Å². The van der Waals surface area contributed by atoms with Crippen molar-refractivity contribution in [3.63, 3.8) is 0 Å². The van der Waals surface area contributed by atoms with Gasteiger partial charge in [0.25, 0.3) is 0 Å². The van der Waals surface area contributed by atoms with Crippen LogP contribution < -0.4 is 0 Å². The molecule has 1 heterocycles. The first-order valence-electron chi connectivity index (χ1n) is 4.39. The summed E-state index contributed by atoms with van der Waals surface area (Å²) < 4.78 is 0.577. The zero-order chi connectivity index (χ0) is 10.5. The molecule has 0 spiro atoms. The van der Waals surface area contributed by atoms with Gasteiger partial charge in [0.2, 0.25) is 0 Å². The number of nitrogens with zero attached hydrogens (tertiary/aromatic N) is 2. The Balaban J connectivity index is 2.22. The van der Waals surface area contributed by atoms with Crippen molar-refractivity contribution in [1.29, 1.82) is 0 Å². The van der Waals surface area contributed by atoms with Crippen LogP contribution in [0, 0.1) is 11.8 Å². The summed E-state index contributed by atoms with van der Waals surface area (Å²) in [6.45, 7) is 0. The Bertz CT molecular complexity index is 495. The van der Waals surface area contributed by atoms with E-state index in [1.165, 1.54) is 0 Å². The number of aromatic nitrogens is 2. The van der Waals surface area contributed by atoms with Crippen molar-refractivity contribution in [2.75, 3.05) is 0 Å². The van der Waals surface area contributed by atoms with E-state index in [4.69, 9.17) is 0 Å². The van der Waals surface area contributed by atoms with Crippen molar-refractivity contribution in [3.05, 3.63) is 58.6 Å². The van der Waals surface area contributed by atoms with E-state index in [1.54, 1.807) is 12.4 Å². The first kappa shape index (κ1) is 9.88. The molecule has 0 atom stereocenters. The minimum atomic E-state index is 0.577. The quantitative estimate of drug-likeness (QED) is 0.537. The van der Waals surface area contributed by atoms with Gasteiger partial charge in [-0.2, -0.15) is 0 Å². The fraction of sp³-hybridized carbons (Fsp3) is 0. The van der Waals surface area contributed by atoms with Crippen molar-refractivity contribution < 1.29 is 0 Å². The van der Waals surface area contributed by atoms with Gasteiger partial charge in [0, 0.05) is 18.0 Å². The van der Waals surface area contributed by atoms with Crippen LogP contribution in [-0.4, -0.2) is 9.97 Å². The first-order valence-corrected chi connectivity index (χ1v) is 5.18. The molecule has 0 saturated carbocycles. The largest absolute Gasteiger partial charge is 0.229 e. The topological polar surface area (TPSA) is 25.8 Å². The zero-order valence-corrected chi connectivity index (χ0v) is 9.40. The van der Waals surface area contributed by atoms with Crippen molar-refractivity contribution in [2.45, 2.75) is 0 Å². The molecule has 2 aromatic rings. The lowest BCUT2D eigenvalue weighted by molar-refractivity contribution is 1.10. The number of rotatable bonds is 0. The van der Waals surface area contributed by atoms with Gasteiger partial charge in [0.1, 0.15) is 0 Å². The van der Waals surface area contributed by atoms with E-state index in [0.29, 0.717) is 4.73 Å². The molecule has 0 N–H and O–H groups in total. The highest BCUT2D eigenvalue weighted by molar-refractivity contribution is 9.10. The average molecular weight is 259 g/mol. The minimum Gasteiger partial charge on any atom is -0.229 e. The lowest BCUT2D eigenvalue weighted by Gasteiger charge is -1.89. The third-order valence-electron chi connectivity index (χ3n) is 1.75. The van der Waals surface area contributed by atoms with Gasteiger partial charge in [-0.05, 0) is 28.1 Å². The van der Waals surface area contributed by atoms with Crippen molar-refractivity contribution in [1.82, 2.24) is 9.97 Å². The summed E-state index contributed by atoms with van der Waals surface area (Å²) in [5.41, 5.74) is 1.79. The number of halogens is 1. The van der Waals surface area contributed by atoms with Gasteiger partial charge in [-0.1, -0.05) is 30.0 Å². The third-order valence-corrected chi connectivity index (χ3v) is 2.15. The smallest absolute Gasteiger partial charge is 0.196 e. The summed E-state index contributed by atoms with van der Waals surface area (Å²) in [4.78, 5) is 7.99. The van der Waals surface area contributed by atoms with E-state index >= 15 is 0 Å². The van der Waals surface area contributed by atoms with Gasteiger partial charge < -0.3 is 0 Å². The molecule has 0 aliphatic heterocycles. The summed E-state index contributed by atoms with van der Waals surface area (Å²) in [7, 11) is 0. The molecule has 0 aliphatic rings. The number of hydrogen-bond acceptors (Lipinski definition) is 2. The Morgan fingerprint density at radius 1 is 0.867 bits per heavy atom. The van der Waals surface area contributed by atoms with Crippen molar-refractivity contribution in [3.8, 4) is 11.8 Å². The second-order valence-electron chi connectivity index (χ2n) is 2.86. The molecule has 0 fully saturated rings. The first-order chi connectivity index (χ1) is 7.34. The molecule has 0 unspecified atom stereocenters. The molecular formula is C12H7BrN2. The van der Waals surface area contributed by atoms with E-state index in [9.17, 15) is 0 Å². The van der Waals surface area contributed by atoms with Crippen molar-refractivity contribution in [2.24, 2.45) is 0 Å². The molecule has 2 rings (SSSR count). The molecule has 2 nitrogen and oxygen atoms in total. The van der Waals surface area contributed by atoms with Crippen LogP contribution in [0.5, 0.6) is 0 Å². The van der Waals surface area contributed by atoms with E-state index in [2.05, 4.69) is 37.7 Å². The van der Waals surface area contributed by atoms with Gasteiger partial charge >= 0.3 is 0 Å². The van der Waals surface area contributed by atoms with Crippen LogP contribution in [-0.2, 0) is 0 Å². The van der Waals surface area contributed by atoms with Crippen LogP contribution in [0.4, 0.5) is 0 Å². The highest BCUT2D eigenvalue weighted by Crippen LogP contribution is 2.01. The van der Waals surface area contributed by atoms with Gasteiger partial charge in [0.05, 0.1) is 5.56 Å². The van der Waals surface area contributed by atoms with Gasteiger partial charge in [-0.15, -0.1) is 0 Å². The Labute approximate surface area is 96.5 Å². The van der Waals surface area contributed by atoms with Crippen LogP contribution in [0.25, 0.3) is 0 Å². The summed E-state index contributed by atoms with van der Waals surface area (Å²) in [6.07, 6.45) is 3.38. The normalized spacial score (nSPS) is 9.13. The minimum absolute atomic E-state index is 0.577. The molecule has 0 bridgehead atoms. The maximum Gasteiger partial charge on any atom is 0.196 e. The second-order valence-corrected chi connectivity index (χ2v) is 3.57. The Hall–Kier alpha value is -1.66. The predicted octanol–water partition coefficient (Wildman–Crippen LogP) is 2.64. The third kappa shape index (κ3) is 2.90. The molecule has 0 radical (unpaired) electrons. The molecule has 0 amide bonds. The Morgan fingerprint density at radius 2 is 1.47 bits per heavy atom. The molecule has 15 heavy (non-hydrogen) atoms. The van der Waals surface area contributed by atoms with Crippen LogP contribution in [0.1, 0.15) is 11.1 Å². The predicted molar refractivity (Wildman–Crippen MR) is 62.2 cm³/mol. The SMILES string of the molecule is Brc1ncc(C#Cc2ccccc2)cn1. The van der Waals surface area contributed by atoms with Crippen LogP contribution >= 0.6 is 15.9 Å². The van der Waals surface area contributed by atoms with Crippen LogP contribution in [0.15, 0.2) is 47.5 Å². The van der Waals surface area contributed by atoms with Crippen LogP contribution in [0.2, 0.25) is 0 Å². The van der Waals surface area contributed by atoms with Gasteiger partial charge in [-0.3, -0.25) is 0 Å². The molecule has 0 saturated heterocycles. The maximum absolute atomic E-state index is 3.99. The van der Waals surface area contributed by atoms with E-state index < -0.39 is 0 Å². The maximum atomic E-state index is 3.99. The van der Waals surface area contributed by atoms with E-state index in [-0.39, 0.29) is 0 Å².